The normalized spacial score (nSPS) is 12.9. The van der Waals surface area contributed by atoms with Crippen LogP contribution in [0.15, 0.2) is 18.7 Å². The second-order valence-electron chi connectivity index (χ2n) is 6.02. The highest BCUT2D eigenvalue weighted by atomic mass is 32.1. The van der Waals surface area contributed by atoms with Crippen molar-refractivity contribution in [2.45, 2.75) is 33.2 Å². The molecule has 1 atom stereocenters. The minimum absolute atomic E-state index is 0.0227. The minimum Gasteiger partial charge on any atom is -0.265 e. The molecule has 0 fully saturated rings. The summed E-state index contributed by atoms with van der Waals surface area (Å²) in [5, 5.41) is 20.3. The molecule has 10 heteroatoms. The summed E-state index contributed by atoms with van der Waals surface area (Å²) in [4.78, 5) is 21.6. The Morgan fingerprint density at radius 2 is 2.20 bits per heavy atom. The Morgan fingerprint density at radius 1 is 1.40 bits per heavy atom. The topological polar surface area (TPSA) is 104 Å². The quantitative estimate of drug-likeness (QED) is 0.411. The first-order chi connectivity index (χ1) is 11.9. The summed E-state index contributed by atoms with van der Waals surface area (Å²) < 4.78 is 3.24. The Morgan fingerprint density at radius 3 is 2.92 bits per heavy atom. The Kier molecular flexibility index (Phi) is 3.49. The molecule has 1 unspecified atom stereocenters. The van der Waals surface area contributed by atoms with E-state index in [1.165, 1.54) is 22.8 Å². The van der Waals surface area contributed by atoms with Crippen LogP contribution in [0.4, 0.5) is 5.69 Å². The second kappa shape index (κ2) is 5.59. The molecule has 0 aliphatic rings. The van der Waals surface area contributed by atoms with E-state index in [2.05, 4.69) is 29.0 Å². The molecule has 0 aromatic carbocycles. The van der Waals surface area contributed by atoms with Crippen molar-refractivity contribution >= 4 is 32.9 Å². The van der Waals surface area contributed by atoms with E-state index in [-0.39, 0.29) is 11.6 Å². The van der Waals surface area contributed by atoms with E-state index in [0.29, 0.717) is 12.4 Å². The van der Waals surface area contributed by atoms with E-state index in [1.54, 1.807) is 26.9 Å². The van der Waals surface area contributed by atoms with Crippen molar-refractivity contribution < 1.29 is 4.92 Å². The smallest absolute Gasteiger partial charge is 0.265 e. The van der Waals surface area contributed by atoms with Gasteiger partial charge < -0.3 is 0 Å². The molecule has 0 N–H and O–H groups in total. The number of nitrogens with zero attached hydrogens (tertiary/aromatic N) is 7. The van der Waals surface area contributed by atoms with Gasteiger partial charge in [0, 0.05) is 10.8 Å². The van der Waals surface area contributed by atoms with Gasteiger partial charge in [0.1, 0.15) is 23.6 Å². The summed E-state index contributed by atoms with van der Waals surface area (Å²) in [6.45, 7) is 6.57. The number of rotatable bonds is 4. The van der Waals surface area contributed by atoms with Crippen LogP contribution in [0.2, 0.25) is 0 Å². The fourth-order valence-electron chi connectivity index (χ4n) is 2.78. The maximum atomic E-state index is 10.8. The maximum Gasteiger partial charge on any atom is 0.306 e. The van der Waals surface area contributed by atoms with Crippen LogP contribution in [0.5, 0.6) is 0 Å². The lowest BCUT2D eigenvalue weighted by atomic mass is 10.2. The molecular weight excluding hydrogens is 342 g/mol. The van der Waals surface area contributed by atoms with Gasteiger partial charge in [-0.1, -0.05) is 6.92 Å². The van der Waals surface area contributed by atoms with Gasteiger partial charge in [-0.25, -0.2) is 14.5 Å². The molecule has 0 saturated carbocycles. The summed E-state index contributed by atoms with van der Waals surface area (Å²) in [7, 11) is 0. The number of aromatic nitrogens is 6. The van der Waals surface area contributed by atoms with Gasteiger partial charge in [-0.3, -0.25) is 14.8 Å². The number of hydrogen-bond acceptors (Lipinski definition) is 7. The molecule has 4 heterocycles. The van der Waals surface area contributed by atoms with Crippen LogP contribution < -0.4 is 0 Å². The van der Waals surface area contributed by atoms with E-state index in [0.717, 1.165) is 15.9 Å². The molecule has 0 aliphatic heterocycles. The highest BCUT2D eigenvalue weighted by Gasteiger charge is 2.18. The van der Waals surface area contributed by atoms with E-state index in [1.807, 2.05) is 6.92 Å². The third kappa shape index (κ3) is 2.54. The lowest BCUT2D eigenvalue weighted by Gasteiger charge is -2.06. The van der Waals surface area contributed by atoms with E-state index in [9.17, 15) is 10.1 Å². The lowest BCUT2D eigenvalue weighted by Crippen LogP contribution is -2.08. The molecule has 9 nitrogen and oxygen atoms in total. The van der Waals surface area contributed by atoms with Gasteiger partial charge in [-0.05, 0) is 19.4 Å². The fraction of sp³-hybridized carbons (Fsp3) is 0.333. The zero-order valence-electron chi connectivity index (χ0n) is 13.9. The number of aryl methyl sites for hydroxylation is 2. The van der Waals surface area contributed by atoms with Gasteiger partial charge in [-0.15, -0.1) is 16.4 Å². The minimum atomic E-state index is -0.457. The Bertz CT molecular complexity index is 1110. The summed E-state index contributed by atoms with van der Waals surface area (Å²) in [5.41, 5.74) is 1.94. The summed E-state index contributed by atoms with van der Waals surface area (Å²) >= 11 is 1.65. The molecule has 25 heavy (non-hydrogen) atoms. The predicted molar refractivity (Wildman–Crippen MR) is 92.9 cm³/mol. The standard InChI is InChI=1S/C15H15N7O2S/c1-8(5-20-6-11(4-17-20)22(23)24)13-18-14-12-9(2)10(3)25-15(12)16-7-21(14)19-13/h4,6-8H,5H2,1-3H3. The van der Waals surface area contributed by atoms with Gasteiger partial charge in [0.2, 0.25) is 0 Å². The lowest BCUT2D eigenvalue weighted by molar-refractivity contribution is -0.385. The van der Waals surface area contributed by atoms with Crippen molar-refractivity contribution in [2.75, 3.05) is 0 Å². The zero-order valence-corrected chi connectivity index (χ0v) is 14.7. The van der Waals surface area contributed by atoms with Crippen LogP contribution >= 0.6 is 11.3 Å². The zero-order chi connectivity index (χ0) is 17.7. The largest absolute Gasteiger partial charge is 0.306 e. The average molecular weight is 357 g/mol. The number of nitro groups is 1. The van der Waals surface area contributed by atoms with E-state index in [4.69, 9.17) is 4.98 Å². The number of hydrogen-bond donors (Lipinski definition) is 0. The van der Waals surface area contributed by atoms with Crippen LogP contribution in [-0.2, 0) is 6.54 Å². The van der Waals surface area contributed by atoms with Gasteiger partial charge in [0.15, 0.2) is 11.5 Å². The van der Waals surface area contributed by atoms with E-state index >= 15 is 0 Å². The molecule has 0 spiro atoms. The van der Waals surface area contributed by atoms with Crippen LogP contribution in [0.3, 0.4) is 0 Å². The summed E-state index contributed by atoms with van der Waals surface area (Å²) in [6, 6.07) is 0. The van der Waals surface area contributed by atoms with Gasteiger partial charge in [0.05, 0.1) is 16.9 Å². The molecular formula is C15H15N7O2S. The summed E-state index contributed by atoms with van der Waals surface area (Å²) in [5.74, 6) is 0.616. The Balaban J connectivity index is 1.70. The first-order valence-corrected chi connectivity index (χ1v) is 8.53. The molecule has 0 aliphatic carbocycles. The monoisotopic (exact) mass is 357 g/mol. The molecule has 128 valence electrons. The third-order valence-electron chi connectivity index (χ3n) is 4.25. The van der Waals surface area contributed by atoms with Crippen LogP contribution in [0.25, 0.3) is 15.9 Å². The van der Waals surface area contributed by atoms with Crippen molar-refractivity contribution in [1.29, 1.82) is 0 Å². The predicted octanol–water partition coefficient (Wildman–Crippen LogP) is 2.86. The molecule has 4 aromatic heterocycles. The fourth-order valence-corrected chi connectivity index (χ4v) is 3.77. The Labute approximate surface area is 146 Å². The average Bonchev–Trinajstić information content (AvgIpc) is 3.25. The molecule has 0 saturated heterocycles. The maximum absolute atomic E-state index is 10.8. The van der Waals surface area contributed by atoms with Crippen LogP contribution in [0.1, 0.15) is 29.1 Å². The summed E-state index contributed by atoms with van der Waals surface area (Å²) in [6.07, 6.45) is 4.34. The van der Waals surface area contributed by atoms with Gasteiger partial charge in [-0.2, -0.15) is 5.10 Å². The second-order valence-corrected chi connectivity index (χ2v) is 7.23. The highest BCUT2D eigenvalue weighted by Crippen LogP contribution is 2.31. The van der Waals surface area contributed by atoms with E-state index < -0.39 is 4.92 Å². The first-order valence-electron chi connectivity index (χ1n) is 7.72. The molecule has 0 bridgehead atoms. The molecule has 4 aromatic rings. The SMILES string of the molecule is Cc1sc2ncn3nc(C(C)Cn4cc([N+](=O)[O-])cn4)nc3c2c1C. The number of fused-ring (bicyclic) bond motifs is 3. The molecule has 0 amide bonds. The molecule has 0 radical (unpaired) electrons. The van der Waals surface area contributed by atoms with Gasteiger partial charge >= 0.3 is 5.69 Å². The van der Waals surface area contributed by atoms with Crippen molar-refractivity contribution in [3.8, 4) is 0 Å². The van der Waals surface area contributed by atoms with Crippen LogP contribution in [-0.4, -0.2) is 34.3 Å². The van der Waals surface area contributed by atoms with Crippen LogP contribution in [0, 0.1) is 24.0 Å². The number of thiophene rings is 1. The van der Waals surface area contributed by atoms with Crippen molar-refractivity contribution in [2.24, 2.45) is 0 Å². The highest BCUT2D eigenvalue weighted by molar-refractivity contribution is 7.18. The molecule has 4 rings (SSSR count). The Hall–Kier alpha value is -2.88. The van der Waals surface area contributed by atoms with Crippen molar-refractivity contribution in [3.63, 3.8) is 0 Å². The third-order valence-corrected chi connectivity index (χ3v) is 5.37. The van der Waals surface area contributed by atoms with Crippen molar-refractivity contribution in [3.05, 3.63) is 45.1 Å². The van der Waals surface area contributed by atoms with Gasteiger partial charge in [0.25, 0.3) is 0 Å². The van der Waals surface area contributed by atoms with Crippen molar-refractivity contribution in [1.82, 2.24) is 29.4 Å². The first kappa shape index (κ1) is 15.6.